The molecule has 7 heteroatoms. The van der Waals surface area contributed by atoms with Crippen molar-refractivity contribution in [2.24, 2.45) is 5.10 Å². The molecule has 0 spiro atoms. The monoisotopic (exact) mass is 363 g/mol. The summed E-state index contributed by atoms with van der Waals surface area (Å²) in [6.45, 7) is 3.80. The van der Waals surface area contributed by atoms with Gasteiger partial charge in [-0.15, -0.1) is 0 Å². The van der Waals surface area contributed by atoms with Crippen LogP contribution in [-0.2, 0) is 0 Å². The number of carbonyl (C=O) groups is 1. The van der Waals surface area contributed by atoms with Crippen molar-refractivity contribution < 1.29 is 4.79 Å². The zero-order valence-corrected chi connectivity index (χ0v) is 14.2. The molecule has 0 aliphatic carbocycles. The number of amides is 1. The van der Waals surface area contributed by atoms with E-state index in [1.54, 1.807) is 4.40 Å². The number of piperidine rings is 1. The molecule has 1 aliphatic rings. The van der Waals surface area contributed by atoms with E-state index in [-0.39, 0.29) is 5.91 Å². The van der Waals surface area contributed by atoms with Crippen LogP contribution in [0.3, 0.4) is 0 Å². The summed E-state index contributed by atoms with van der Waals surface area (Å²) in [7, 11) is 2.09. The molecule has 1 saturated heterocycles. The molecule has 0 unspecified atom stereocenters. The van der Waals surface area contributed by atoms with Crippen LogP contribution in [0.1, 0.15) is 29.0 Å². The van der Waals surface area contributed by atoms with Crippen LogP contribution in [0.25, 0.3) is 5.65 Å². The van der Waals surface area contributed by atoms with Crippen LogP contribution >= 0.6 is 15.9 Å². The third-order valence-corrected chi connectivity index (χ3v) is 4.32. The Hall–Kier alpha value is -1.73. The first-order chi connectivity index (χ1) is 10.5. The van der Waals surface area contributed by atoms with Crippen molar-refractivity contribution in [2.45, 2.75) is 19.8 Å². The molecule has 2 aromatic heterocycles. The summed E-state index contributed by atoms with van der Waals surface area (Å²) in [6.07, 6.45) is 3.63. The number of rotatable bonds is 2. The molecule has 6 nitrogen and oxygen atoms in total. The summed E-state index contributed by atoms with van der Waals surface area (Å²) in [5, 5.41) is 4.28. The maximum absolute atomic E-state index is 12.5. The minimum absolute atomic E-state index is 0.227. The molecule has 0 radical (unpaired) electrons. The Morgan fingerprint density at radius 2 is 2.09 bits per heavy atom. The predicted octanol–water partition coefficient (Wildman–Crippen LogP) is 2.22. The number of aromatic nitrogens is 2. The van der Waals surface area contributed by atoms with E-state index >= 15 is 0 Å². The minimum atomic E-state index is -0.227. The van der Waals surface area contributed by atoms with Crippen molar-refractivity contribution in [2.75, 3.05) is 20.1 Å². The Balaban J connectivity index is 1.82. The van der Waals surface area contributed by atoms with E-state index in [9.17, 15) is 4.79 Å². The number of hydrazone groups is 1. The highest BCUT2D eigenvalue weighted by atomic mass is 79.9. The quantitative estimate of drug-likeness (QED) is 0.832. The number of nitrogens with one attached hydrogen (secondary N) is 1. The minimum Gasteiger partial charge on any atom is -0.306 e. The third kappa shape index (κ3) is 3.05. The molecular weight excluding hydrogens is 346 g/mol. The Labute approximate surface area is 137 Å². The van der Waals surface area contributed by atoms with Gasteiger partial charge < -0.3 is 4.90 Å². The summed E-state index contributed by atoms with van der Waals surface area (Å²) in [5.41, 5.74) is 5.68. The molecule has 1 N–H and O–H groups in total. The average Bonchev–Trinajstić information content (AvgIpc) is 2.81. The van der Waals surface area contributed by atoms with Gasteiger partial charge in [0.05, 0.1) is 5.69 Å². The Morgan fingerprint density at radius 3 is 2.82 bits per heavy atom. The lowest BCUT2D eigenvalue weighted by Crippen LogP contribution is -2.32. The van der Waals surface area contributed by atoms with Crippen LogP contribution in [0, 0.1) is 6.92 Å². The third-order valence-electron chi connectivity index (χ3n) is 3.85. The van der Waals surface area contributed by atoms with Crippen molar-refractivity contribution in [1.29, 1.82) is 0 Å². The number of halogens is 1. The van der Waals surface area contributed by atoms with E-state index in [0.29, 0.717) is 11.4 Å². The summed E-state index contributed by atoms with van der Waals surface area (Å²) in [4.78, 5) is 19.1. The van der Waals surface area contributed by atoms with Gasteiger partial charge in [-0.25, -0.2) is 10.4 Å². The highest BCUT2D eigenvalue weighted by molar-refractivity contribution is 9.10. The maximum Gasteiger partial charge on any atom is 0.290 e. The van der Waals surface area contributed by atoms with Gasteiger partial charge in [-0.2, -0.15) is 5.10 Å². The van der Waals surface area contributed by atoms with Crippen LogP contribution < -0.4 is 5.43 Å². The van der Waals surface area contributed by atoms with Crippen LogP contribution in [0.4, 0.5) is 0 Å². The predicted molar refractivity (Wildman–Crippen MR) is 89.3 cm³/mol. The van der Waals surface area contributed by atoms with Gasteiger partial charge in [0.1, 0.15) is 11.3 Å². The van der Waals surface area contributed by atoms with E-state index in [1.165, 1.54) is 0 Å². The number of hydrogen-bond acceptors (Lipinski definition) is 4. The van der Waals surface area contributed by atoms with Gasteiger partial charge in [-0.05, 0) is 42.0 Å². The number of fused-ring (bicyclic) bond motifs is 1. The van der Waals surface area contributed by atoms with Gasteiger partial charge in [0.15, 0.2) is 0 Å². The number of carbonyl (C=O) groups excluding carboxylic acids is 1. The fourth-order valence-electron chi connectivity index (χ4n) is 2.58. The lowest BCUT2D eigenvalue weighted by molar-refractivity contribution is 0.0948. The molecule has 116 valence electrons. The Morgan fingerprint density at radius 1 is 1.36 bits per heavy atom. The molecule has 0 aromatic carbocycles. The molecule has 3 rings (SSSR count). The molecule has 1 amide bonds. The number of imidazole rings is 1. The molecule has 0 atom stereocenters. The molecule has 2 aromatic rings. The second kappa shape index (κ2) is 6.18. The zero-order chi connectivity index (χ0) is 15.7. The van der Waals surface area contributed by atoms with Crippen molar-refractivity contribution in [1.82, 2.24) is 19.7 Å². The summed E-state index contributed by atoms with van der Waals surface area (Å²) in [6, 6.07) is 3.78. The highest BCUT2D eigenvalue weighted by Crippen LogP contribution is 2.16. The lowest BCUT2D eigenvalue weighted by Gasteiger charge is -2.22. The smallest absolute Gasteiger partial charge is 0.290 e. The number of hydrogen-bond donors (Lipinski definition) is 1. The molecule has 1 aliphatic heterocycles. The molecular formula is C15H18BrN5O. The molecule has 1 fully saturated rings. The van der Waals surface area contributed by atoms with Crippen LogP contribution in [-0.4, -0.2) is 46.0 Å². The van der Waals surface area contributed by atoms with E-state index in [4.69, 9.17) is 0 Å². The van der Waals surface area contributed by atoms with E-state index in [0.717, 1.165) is 41.8 Å². The first-order valence-electron chi connectivity index (χ1n) is 7.23. The number of aryl methyl sites for hydroxylation is 1. The number of likely N-dealkylation sites (tertiary alicyclic amines) is 1. The van der Waals surface area contributed by atoms with Gasteiger partial charge in [0.25, 0.3) is 5.91 Å². The highest BCUT2D eigenvalue weighted by Gasteiger charge is 2.17. The number of pyridine rings is 1. The maximum atomic E-state index is 12.5. The van der Waals surface area contributed by atoms with Crippen molar-refractivity contribution in [3.8, 4) is 0 Å². The van der Waals surface area contributed by atoms with E-state index in [1.807, 2.05) is 25.3 Å². The first kappa shape index (κ1) is 15.2. The second-order valence-electron chi connectivity index (χ2n) is 5.54. The molecule has 0 saturated carbocycles. The van der Waals surface area contributed by atoms with Crippen molar-refractivity contribution in [3.05, 3.63) is 34.2 Å². The zero-order valence-electron chi connectivity index (χ0n) is 12.6. The van der Waals surface area contributed by atoms with Gasteiger partial charge >= 0.3 is 0 Å². The topological polar surface area (TPSA) is 62.0 Å². The molecule has 3 heterocycles. The summed E-state index contributed by atoms with van der Waals surface area (Å²) >= 11 is 3.42. The Kier molecular flexibility index (Phi) is 4.26. The van der Waals surface area contributed by atoms with Crippen LogP contribution in [0.5, 0.6) is 0 Å². The first-order valence-corrected chi connectivity index (χ1v) is 8.02. The number of nitrogens with zero attached hydrogens (tertiary/aromatic N) is 4. The Bertz CT molecular complexity index is 742. The van der Waals surface area contributed by atoms with E-state index < -0.39 is 0 Å². The standard InChI is InChI=1S/C15H18BrN5O/c1-10-14(21-9-11(16)3-4-13(21)17-10)15(22)19-18-12-5-7-20(2)8-6-12/h3-4,9H,5-8H2,1-2H3,(H,19,22). The normalized spacial score (nSPS) is 16.0. The van der Waals surface area contributed by atoms with Gasteiger partial charge in [-0.3, -0.25) is 9.20 Å². The second-order valence-corrected chi connectivity index (χ2v) is 6.46. The van der Waals surface area contributed by atoms with Crippen LogP contribution in [0.15, 0.2) is 27.9 Å². The van der Waals surface area contributed by atoms with Crippen molar-refractivity contribution >= 4 is 33.2 Å². The van der Waals surface area contributed by atoms with Crippen LogP contribution in [0.2, 0.25) is 0 Å². The molecule has 22 heavy (non-hydrogen) atoms. The van der Waals surface area contributed by atoms with E-state index in [2.05, 4.69) is 43.4 Å². The largest absolute Gasteiger partial charge is 0.306 e. The summed E-state index contributed by atoms with van der Waals surface area (Å²) < 4.78 is 2.68. The summed E-state index contributed by atoms with van der Waals surface area (Å²) in [5.74, 6) is -0.227. The average molecular weight is 364 g/mol. The van der Waals surface area contributed by atoms with Crippen molar-refractivity contribution in [3.63, 3.8) is 0 Å². The van der Waals surface area contributed by atoms with Gasteiger partial charge in [-0.1, -0.05) is 0 Å². The van der Waals surface area contributed by atoms with Gasteiger partial charge in [0.2, 0.25) is 0 Å². The van der Waals surface area contributed by atoms with Gasteiger partial charge in [0, 0.05) is 42.3 Å². The lowest BCUT2D eigenvalue weighted by atomic mass is 10.1. The fourth-order valence-corrected chi connectivity index (χ4v) is 2.92. The molecule has 0 bridgehead atoms. The SMILES string of the molecule is Cc1nc2ccc(Br)cn2c1C(=O)NN=C1CCN(C)CC1. The fraction of sp³-hybridized carbons (Fsp3) is 0.400.